The van der Waals surface area contributed by atoms with Crippen LogP contribution >= 0.6 is 12.2 Å². The van der Waals surface area contributed by atoms with E-state index in [2.05, 4.69) is 53.6 Å². The second kappa shape index (κ2) is 6.86. The molecule has 0 heterocycles. The molecule has 4 heteroatoms. The van der Waals surface area contributed by atoms with Crippen LogP contribution in [0.2, 0.25) is 0 Å². The summed E-state index contributed by atoms with van der Waals surface area (Å²) in [6.07, 6.45) is 5.51. The molecule has 3 rings (SSSR count). The third-order valence-corrected chi connectivity index (χ3v) is 5.53. The first kappa shape index (κ1) is 15.6. The van der Waals surface area contributed by atoms with Crippen LogP contribution in [0, 0.1) is 11.8 Å². The maximum absolute atomic E-state index is 5.49. The number of thiocarbonyl (C=S) groups is 1. The quantitative estimate of drug-likeness (QED) is 0.803. The van der Waals surface area contributed by atoms with Crippen LogP contribution in [-0.4, -0.2) is 24.2 Å². The summed E-state index contributed by atoms with van der Waals surface area (Å²) in [4.78, 5) is 2.34. The Labute approximate surface area is 139 Å². The average Bonchev–Trinajstić information content (AvgIpc) is 3.12. The van der Waals surface area contributed by atoms with E-state index in [0.717, 1.165) is 35.7 Å². The van der Waals surface area contributed by atoms with E-state index < -0.39 is 0 Å². The minimum absolute atomic E-state index is 0.591. The van der Waals surface area contributed by atoms with Crippen LogP contribution in [0.25, 0.3) is 0 Å². The molecule has 1 aromatic rings. The van der Waals surface area contributed by atoms with Crippen molar-refractivity contribution in [3.63, 3.8) is 0 Å². The van der Waals surface area contributed by atoms with E-state index in [9.17, 15) is 0 Å². The van der Waals surface area contributed by atoms with Gasteiger partial charge in [-0.05, 0) is 81.4 Å². The Morgan fingerprint density at radius 1 is 1.14 bits per heavy atom. The summed E-state index contributed by atoms with van der Waals surface area (Å²) in [5, 5.41) is 7.63. The first-order valence-corrected chi connectivity index (χ1v) is 9.03. The second-order valence-electron chi connectivity index (χ2n) is 6.60. The molecule has 2 N–H and O–H groups in total. The standard InChI is InChI=1S/C18H27N3S/c1-3-21(4-2)16-9-7-15(8-10-16)19-18(22)20-17-12-13-5-6-14(17)11-13/h7-10,13-14,17H,3-6,11-12H2,1-2H3,(H2,19,20,22)/t13-,14+,17-/m0/s1. The molecule has 0 aliphatic heterocycles. The Bertz CT molecular complexity index is 510. The third kappa shape index (κ3) is 3.37. The van der Waals surface area contributed by atoms with E-state index in [-0.39, 0.29) is 0 Å². The van der Waals surface area contributed by atoms with Gasteiger partial charge in [-0.2, -0.15) is 0 Å². The van der Waals surface area contributed by atoms with Crippen molar-refractivity contribution in [2.24, 2.45) is 11.8 Å². The molecule has 3 atom stereocenters. The van der Waals surface area contributed by atoms with Gasteiger partial charge < -0.3 is 15.5 Å². The maximum atomic E-state index is 5.49. The molecule has 0 spiro atoms. The Morgan fingerprint density at radius 2 is 1.86 bits per heavy atom. The lowest BCUT2D eigenvalue weighted by atomic mass is 9.96. The minimum atomic E-state index is 0.591. The van der Waals surface area contributed by atoms with Crippen LogP contribution in [-0.2, 0) is 0 Å². The second-order valence-corrected chi connectivity index (χ2v) is 7.01. The van der Waals surface area contributed by atoms with Crippen molar-refractivity contribution < 1.29 is 0 Å². The monoisotopic (exact) mass is 317 g/mol. The Morgan fingerprint density at radius 3 is 2.41 bits per heavy atom. The molecule has 2 saturated carbocycles. The fourth-order valence-electron chi connectivity index (χ4n) is 4.10. The van der Waals surface area contributed by atoms with Gasteiger partial charge in [0, 0.05) is 30.5 Å². The van der Waals surface area contributed by atoms with Crippen LogP contribution < -0.4 is 15.5 Å². The number of hydrogen-bond donors (Lipinski definition) is 2. The smallest absolute Gasteiger partial charge is 0.171 e. The number of fused-ring (bicyclic) bond motifs is 2. The molecule has 120 valence electrons. The van der Waals surface area contributed by atoms with Crippen molar-refractivity contribution in [1.29, 1.82) is 0 Å². The Kier molecular flexibility index (Phi) is 4.87. The van der Waals surface area contributed by atoms with Gasteiger partial charge in [-0.15, -0.1) is 0 Å². The molecule has 0 unspecified atom stereocenters. The van der Waals surface area contributed by atoms with Crippen molar-refractivity contribution in [3.05, 3.63) is 24.3 Å². The van der Waals surface area contributed by atoms with Crippen LogP contribution in [0.3, 0.4) is 0 Å². The van der Waals surface area contributed by atoms with Gasteiger partial charge in [-0.3, -0.25) is 0 Å². The predicted molar refractivity (Wildman–Crippen MR) is 98.6 cm³/mol. The van der Waals surface area contributed by atoms with Crippen LogP contribution in [0.15, 0.2) is 24.3 Å². The zero-order valence-corrected chi connectivity index (χ0v) is 14.5. The summed E-state index contributed by atoms with van der Waals surface area (Å²) in [6, 6.07) is 9.14. The highest BCUT2D eigenvalue weighted by Crippen LogP contribution is 2.44. The minimum Gasteiger partial charge on any atom is -0.372 e. The van der Waals surface area contributed by atoms with Crippen molar-refractivity contribution in [1.82, 2.24) is 5.32 Å². The molecular formula is C18H27N3S. The molecule has 2 aliphatic carbocycles. The van der Waals surface area contributed by atoms with E-state index in [0.29, 0.717) is 6.04 Å². The molecule has 0 saturated heterocycles. The molecule has 0 aromatic heterocycles. The van der Waals surface area contributed by atoms with Gasteiger partial charge in [0.05, 0.1) is 0 Å². The van der Waals surface area contributed by atoms with Gasteiger partial charge in [-0.25, -0.2) is 0 Å². The fraction of sp³-hybridized carbons (Fsp3) is 0.611. The Hall–Kier alpha value is -1.29. The van der Waals surface area contributed by atoms with Crippen molar-refractivity contribution in [3.8, 4) is 0 Å². The van der Waals surface area contributed by atoms with Crippen LogP contribution in [0.4, 0.5) is 11.4 Å². The van der Waals surface area contributed by atoms with E-state index in [1.807, 2.05) is 0 Å². The molecule has 2 bridgehead atoms. The van der Waals surface area contributed by atoms with Crippen molar-refractivity contribution >= 4 is 28.7 Å². The summed E-state index contributed by atoms with van der Waals surface area (Å²) >= 11 is 5.49. The zero-order chi connectivity index (χ0) is 15.5. The topological polar surface area (TPSA) is 27.3 Å². The number of anilines is 2. The molecular weight excluding hydrogens is 290 g/mol. The first-order chi connectivity index (χ1) is 10.7. The lowest BCUT2D eigenvalue weighted by molar-refractivity contribution is 0.392. The van der Waals surface area contributed by atoms with Crippen molar-refractivity contribution in [2.75, 3.05) is 23.3 Å². The summed E-state index contributed by atoms with van der Waals surface area (Å²) in [7, 11) is 0. The highest BCUT2D eigenvalue weighted by atomic mass is 32.1. The Balaban J connectivity index is 1.53. The first-order valence-electron chi connectivity index (χ1n) is 8.62. The summed E-state index contributed by atoms with van der Waals surface area (Å²) in [5.74, 6) is 1.79. The lowest BCUT2D eigenvalue weighted by Crippen LogP contribution is -2.40. The largest absolute Gasteiger partial charge is 0.372 e. The van der Waals surface area contributed by atoms with Crippen LogP contribution in [0.5, 0.6) is 0 Å². The number of rotatable bonds is 5. The SMILES string of the molecule is CCN(CC)c1ccc(NC(=S)N[C@H]2C[C@H]3CC[C@@H]2C3)cc1. The van der Waals surface area contributed by atoms with Gasteiger partial charge in [0.25, 0.3) is 0 Å². The van der Waals surface area contributed by atoms with E-state index in [4.69, 9.17) is 12.2 Å². The van der Waals surface area contributed by atoms with E-state index in [1.165, 1.54) is 31.4 Å². The number of hydrogen-bond acceptors (Lipinski definition) is 2. The van der Waals surface area contributed by atoms with Gasteiger partial charge in [0.15, 0.2) is 5.11 Å². The van der Waals surface area contributed by atoms with Gasteiger partial charge in [0.2, 0.25) is 0 Å². The predicted octanol–water partition coefficient (Wildman–Crippen LogP) is 4.01. The highest BCUT2D eigenvalue weighted by Gasteiger charge is 2.39. The van der Waals surface area contributed by atoms with Crippen molar-refractivity contribution in [2.45, 2.75) is 45.6 Å². The molecule has 3 nitrogen and oxygen atoms in total. The molecule has 0 amide bonds. The third-order valence-electron chi connectivity index (χ3n) is 5.31. The van der Waals surface area contributed by atoms with E-state index in [1.54, 1.807) is 0 Å². The van der Waals surface area contributed by atoms with Crippen LogP contribution in [0.1, 0.15) is 39.5 Å². The van der Waals surface area contributed by atoms with Gasteiger partial charge in [-0.1, -0.05) is 6.42 Å². The van der Waals surface area contributed by atoms with E-state index >= 15 is 0 Å². The molecule has 0 radical (unpaired) electrons. The van der Waals surface area contributed by atoms with Gasteiger partial charge >= 0.3 is 0 Å². The van der Waals surface area contributed by atoms with Gasteiger partial charge in [0.1, 0.15) is 0 Å². The highest BCUT2D eigenvalue weighted by molar-refractivity contribution is 7.80. The molecule has 2 aliphatic rings. The zero-order valence-electron chi connectivity index (χ0n) is 13.6. The summed E-state index contributed by atoms with van der Waals surface area (Å²) in [6.45, 7) is 6.44. The summed E-state index contributed by atoms with van der Waals surface area (Å²) < 4.78 is 0. The summed E-state index contributed by atoms with van der Waals surface area (Å²) in [5.41, 5.74) is 2.33. The molecule has 1 aromatic carbocycles. The normalized spacial score (nSPS) is 26.0. The molecule has 2 fully saturated rings. The fourth-order valence-corrected chi connectivity index (χ4v) is 4.37. The number of benzene rings is 1. The average molecular weight is 318 g/mol. The number of nitrogens with zero attached hydrogens (tertiary/aromatic N) is 1. The maximum Gasteiger partial charge on any atom is 0.171 e. The number of nitrogens with one attached hydrogen (secondary N) is 2. The molecule has 22 heavy (non-hydrogen) atoms. The lowest BCUT2D eigenvalue weighted by Gasteiger charge is -2.25.